The molecule has 2 heterocycles. The Bertz CT molecular complexity index is 1030. The molecule has 144 valence electrons. The van der Waals surface area contributed by atoms with Crippen molar-refractivity contribution in [2.45, 2.75) is 19.9 Å². The average Bonchev–Trinajstić information content (AvgIpc) is 3.11. The summed E-state index contributed by atoms with van der Waals surface area (Å²) in [5.74, 6) is -0.545. The van der Waals surface area contributed by atoms with Crippen molar-refractivity contribution in [3.63, 3.8) is 0 Å². The van der Waals surface area contributed by atoms with Crippen molar-refractivity contribution in [1.29, 1.82) is 0 Å². The highest BCUT2D eigenvalue weighted by Crippen LogP contribution is 2.27. The van der Waals surface area contributed by atoms with E-state index in [-0.39, 0.29) is 11.5 Å². The van der Waals surface area contributed by atoms with Gasteiger partial charge in [-0.05, 0) is 31.2 Å². The molecule has 1 aliphatic rings. The first-order valence-electron chi connectivity index (χ1n) is 9.11. The van der Waals surface area contributed by atoms with Crippen molar-refractivity contribution in [1.82, 2.24) is 14.9 Å². The Morgan fingerprint density at radius 1 is 1.25 bits per heavy atom. The number of carbonyl (C=O) groups is 1. The molecule has 0 spiro atoms. The Labute approximate surface area is 161 Å². The molecule has 5 nitrogen and oxygen atoms in total. The standard InChI is InChI=1S/C21H19F2N3O2/c1-2-28-19-6-4-3-5-15(19)21(27)26-10-9-17-18(12-26)25-20(24-17)14-8-7-13(22)11-16(14)23/h3-8,11H,2,9-10,12H2,1H3,(H,24,25). The van der Waals surface area contributed by atoms with Gasteiger partial charge in [0.2, 0.25) is 0 Å². The van der Waals surface area contributed by atoms with Gasteiger partial charge in [-0.1, -0.05) is 12.1 Å². The third-order valence-corrected chi connectivity index (χ3v) is 4.72. The Morgan fingerprint density at radius 2 is 2.07 bits per heavy atom. The molecule has 0 bridgehead atoms. The van der Waals surface area contributed by atoms with E-state index < -0.39 is 11.6 Å². The number of amides is 1. The number of hydrogen-bond acceptors (Lipinski definition) is 3. The van der Waals surface area contributed by atoms with Gasteiger partial charge in [0.05, 0.1) is 35.7 Å². The largest absolute Gasteiger partial charge is 0.493 e. The number of para-hydroxylation sites is 1. The van der Waals surface area contributed by atoms with Crippen LogP contribution in [0.4, 0.5) is 8.78 Å². The van der Waals surface area contributed by atoms with Crippen LogP contribution in [0.25, 0.3) is 11.4 Å². The van der Waals surface area contributed by atoms with Crippen LogP contribution in [0.3, 0.4) is 0 Å². The van der Waals surface area contributed by atoms with Crippen molar-refractivity contribution < 1.29 is 18.3 Å². The van der Waals surface area contributed by atoms with E-state index in [0.29, 0.717) is 43.3 Å². The zero-order valence-corrected chi connectivity index (χ0v) is 15.3. The molecule has 1 aliphatic heterocycles. The lowest BCUT2D eigenvalue weighted by Crippen LogP contribution is -2.36. The Hall–Kier alpha value is -3.22. The highest BCUT2D eigenvalue weighted by Gasteiger charge is 2.27. The lowest BCUT2D eigenvalue weighted by molar-refractivity contribution is 0.0727. The predicted molar refractivity (Wildman–Crippen MR) is 100.0 cm³/mol. The van der Waals surface area contributed by atoms with Crippen molar-refractivity contribution >= 4 is 5.91 Å². The molecule has 0 saturated heterocycles. The van der Waals surface area contributed by atoms with E-state index in [0.717, 1.165) is 17.5 Å². The summed E-state index contributed by atoms with van der Waals surface area (Å²) in [5.41, 5.74) is 2.26. The number of ether oxygens (including phenoxy) is 1. The molecule has 3 aromatic rings. The number of aromatic amines is 1. The first-order valence-corrected chi connectivity index (χ1v) is 9.11. The summed E-state index contributed by atoms with van der Waals surface area (Å²) in [6, 6.07) is 10.5. The minimum Gasteiger partial charge on any atom is -0.493 e. The zero-order chi connectivity index (χ0) is 19.7. The molecule has 0 saturated carbocycles. The third kappa shape index (κ3) is 3.35. The molecular formula is C21H19F2N3O2. The summed E-state index contributed by atoms with van der Waals surface area (Å²) in [6.07, 6.45) is 0.553. The smallest absolute Gasteiger partial charge is 0.257 e. The fourth-order valence-corrected chi connectivity index (χ4v) is 3.37. The molecule has 2 aromatic carbocycles. The highest BCUT2D eigenvalue weighted by molar-refractivity contribution is 5.97. The number of fused-ring (bicyclic) bond motifs is 1. The lowest BCUT2D eigenvalue weighted by atomic mass is 10.1. The van der Waals surface area contributed by atoms with E-state index in [1.807, 2.05) is 13.0 Å². The first-order chi connectivity index (χ1) is 13.6. The van der Waals surface area contributed by atoms with Gasteiger partial charge in [-0.15, -0.1) is 0 Å². The first kappa shape index (κ1) is 18.2. The Morgan fingerprint density at radius 3 is 2.86 bits per heavy atom. The van der Waals surface area contributed by atoms with Crippen molar-refractivity contribution in [3.8, 4) is 17.1 Å². The highest BCUT2D eigenvalue weighted by atomic mass is 19.1. The number of hydrogen-bond donors (Lipinski definition) is 1. The molecule has 7 heteroatoms. The van der Waals surface area contributed by atoms with Crippen molar-refractivity contribution in [2.75, 3.05) is 13.2 Å². The number of nitrogens with one attached hydrogen (secondary N) is 1. The van der Waals surface area contributed by atoms with E-state index in [2.05, 4.69) is 9.97 Å². The van der Waals surface area contributed by atoms with Gasteiger partial charge in [-0.3, -0.25) is 4.79 Å². The molecule has 0 atom stereocenters. The molecule has 28 heavy (non-hydrogen) atoms. The molecule has 0 aliphatic carbocycles. The maximum Gasteiger partial charge on any atom is 0.257 e. The maximum atomic E-state index is 14.1. The zero-order valence-electron chi connectivity index (χ0n) is 15.3. The van der Waals surface area contributed by atoms with Crippen molar-refractivity contribution in [3.05, 3.63) is 71.1 Å². The van der Waals surface area contributed by atoms with Crippen LogP contribution in [0, 0.1) is 11.6 Å². The second-order valence-electron chi connectivity index (χ2n) is 6.54. The van der Waals surface area contributed by atoms with Gasteiger partial charge in [-0.25, -0.2) is 13.8 Å². The minimum absolute atomic E-state index is 0.126. The number of imidazole rings is 1. The minimum atomic E-state index is -0.676. The van der Waals surface area contributed by atoms with Crippen molar-refractivity contribution in [2.24, 2.45) is 0 Å². The van der Waals surface area contributed by atoms with Gasteiger partial charge >= 0.3 is 0 Å². The van der Waals surface area contributed by atoms with Crippen LogP contribution < -0.4 is 4.74 Å². The lowest BCUT2D eigenvalue weighted by Gasteiger charge is -2.27. The fraction of sp³-hybridized carbons (Fsp3) is 0.238. The molecule has 0 radical (unpaired) electrons. The van der Waals surface area contributed by atoms with Crippen LogP contribution in [0.1, 0.15) is 28.7 Å². The fourth-order valence-electron chi connectivity index (χ4n) is 3.37. The molecule has 1 aromatic heterocycles. The number of benzene rings is 2. The van der Waals surface area contributed by atoms with E-state index in [1.165, 1.54) is 12.1 Å². The number of nitrogens with zero attached hydrogens (tertiary/aromatic N) is 2. The second kappa shape index (κ2) is 7.42. The number of carbonyl (C=O) groups excluding carboxylic acids is 1. The molecule has 1 amide bonds. The monoisotopic (exact) mass is 383 g/mol. The maximum absolute atomic E-state index is 14.1. The van der Waals surface area contributed by atoms with Gasteiger partial charge in [0.25, 0.3) is 5.91 Å². The van der Waals surface area contributed by atoms with E-state index in [9.17, 15) is 13.6 Å². The van der Waals surface area contributed by atoms with Crippen LogP contribution >= 0.6 is 0 Å². The van der Waals surface area contributed by atoms with E-state index in [1.54, 1.807) is 23.1 Å². The van der Waals surface area contributed by atoms with Gasteiger partial charge in [0.1, 0.15) is 23.2 Å². The average molecular weight is 383 g/mol. The van der Waals surface area contributed by atoms with Crippen LogP contribution in [0.5, 0.6) is 5.75 Å². The van der Waals surface area contributed by atoms with E-state index >= 15 is 0 Å². The molecule has 1 N–H and O–H groups in total. The van der Waals surface area contributed by atoms with Crippen LogP contribution in [0.15, 0.2) is 42.5 Å². The van der Waals surface area contributed by atoms with Crippen LogP contribution in [-0.4, -0.2) is 33.9 Å². The molecule has 4 rings (SSSR count). The number of rotatable bonds is 4. The topological polar surface area (TPSA) is 58.2 Å². The number of aromatic nitrogens is 2. The van der Waals surface area contributed by atoms with Gasteiger partial charge in [-0.2, -0.15) is 0 Å². The Kier molecular flexibility index (Phi) is 4.81. The Balaban J connectivity index is 1.59. The summed E-state index contributed by atoms with van der Waals surface area (Å²) >= 11 is 0. The summed E-state index contributed by atoms with van der Waals surface area (Å²) < 4.78 is 32.8. The molecular weight excluding hydrogens is 364 g/mol. The molecule has 0 unspecified atom stereocenters. The third-order valence-electron chi connectivity index (χ3n) is 4.72. The number of halogens is 2. The summed E-state index contributed by atoms with van der Waals surface area (Å²) in [6.45, 7) is 3.18. The second-order valence-corrected chi connectivity index (χ2v) is 6.54. The summed E-state index contributed by atoms with van der Waals surface area (Å²) in [4.78, 5) is 22.2. The summed E-state index contributed by atoms with van der Waals surface area (Å²) in [7, 11) is 0. The normalized spacial score (nSPS) is 13.3. The predicted octanol–water partition coefficient (Wildman–Crippen LogP) is 3.95. The van der Waals surface area contributed by atoms with Gasteiger partial charge in [0, 0.05) is 19.0 Å². The summed E-state index contributed by atoms with van der Waals surface area (Å²) in [5, 5.41) is 0. The van der Waals surface area contributed by atoms with Gasteiger partial charge < -0.3 is 14.6 Å². The van der Waals surface area contributed by atoms with Gasteiger partial charge in [0.15, 0.2) is 0 Å². The number of H-pyrrole nitrogens is 1. The molecule has 0 fully saturated rings. The SMILES string of the molecule is CCOc1ccccc1C(=O)N1CCc2nc(-c3ccc(F)cc3F)[nH]c2C1. The van der Waals surface area contributed by atoms with Crippen LogP contribution in [0.2, 0.25) is 0 Å². The van der Waals surface area contributed by atoms with E-state index in [4.69, 9.17) is 4.74 Å². The quantitative estimate of drug-likeness (QED) is 0.742. The van der Waals surface area contributed by atoms with Crippen LogP contribution in [-0.2, 0) is 13.0 Å².